The van der Waals surface area contributed by atoms with Gasteiger partial charge in [-0.25, -0.2) is 0 Å². The molecule has 0 radical (unpaired) electrons. The summed E-state index contributed by atoms with van der Waals surface area (Å²) in [6.07, 6.45) is 1.66. The Morgan fingerprint density at radius 3 is 2.16 bits per heavy atom. The number of ether oxygens (including phenoxy) is 7. The van der Waals surface area contributed by atoms with Gasteiger partial charge in [0, 0.05) is 17.0 Å². The highest BCUT2D eigenvalue weighted by Crippen LogP contribution is 2.50. The first-order valence-corrected chi connectivity index (χ1v) is 11.8. The number of hydrogen-bond donors (Lipinski definition) is 0. The molecule has 0 fully saturated rings. The predicted octanol–water partition coefficient (Wildman–Crippen LogP) is 4.79. The highest BCUT2D eigenvalue weighted by Gasteiger charge is 2.39. The monoisotopic (exact) mass is 518 g/mol. The van der Waals surface area contributed by atoms with Gasteiger partial charge in [0.05, 0.1) is 47.5 Å². The minimum atomic E-state index is -0.427. The Kier molecular flexibility index (Phi) is 6.59. The summed E-state index contributed by atoms with van der Waals surface area (Å²) >= 11 is 0. The minimum absolute atomic E-state index is 0.0685. The molecule has 0 saturated carbocycles. The molecule has 196 valence electrons. The molecule has 0 spiro atoms. The van der Waals surface area contributed by atoms with Gasteiger partial charge in [-0.1, -0.05) is 6.07 Å². The van der Waals surface area contributed by atoms with E-state index in [0.29, 0.717) is 56.9 Å². The fourth-order valence-corrected chi connectivity index (χ4v) is 4.84. The van der Waals surface area contributed by atoms with E-state index in [0.717, 1.165) is 5.56 Å². The number of esters is 1. The van der Waals surface area contributed by atoms with Crippen LogP contribution < -0.4 is 33.2 Å². The van der Waals surface area contributed by atoms with Crippen LogP contribution in [0.3, 0.4) is 0 Å². The molecule has 2 aliphatic rings. The van der Waals surface area contributed by atoms with Crippen molar-refractivity contribution >= 4 is 17.8 Å². The van der Waals surface area contributed by atoms with Gasteiger partial charge < -0.3 is 33.2 Å². The van der Waals surface area contributed by atoms with Crippen LogP contribution in [0.5, 0.6) is 40.2 Å². The Morgan fingerprint density at radius 1 is 0.763 bits per heavy atom. The summed E-state index contributed by atoms with van der Waals surface area (Å²) in [5.74, 6) is 2.05. The van der Waals surface area contributed by atoms with Gasteiger partial charge in [0.25, 0.3) is 0 Å². The Hall–Kier alpha value is -4.66. The van der Waals surface area contributed by atoms with Crippen LogP contribution in [-0.2, 0) is 4.79 Å². The van der Waals surface area contributed by atoms with E-state index in [1.165, 1.54) is 21.3 Å². The summed E-state index contributed by atoms with van der Waals surface area (Å²) in [6, 6.07) is 12.1. The number of fused-ring (bicyclic) bond motifs is 3. The van der Waals surface area contributed by atoms with E-state index in [1.807, 2.05) is 12.1 Å². The summed E-state index contributed by atoms with van der Waals surface area (Å²) in [7, 11) is 7.64. The number of ketones is 1. The van der Waals surface area contributed by atoms with E-state index >= 15 is 0 Å². The smallest absolute Gasteiger partial charge is 0.312 e. The fourth-order valence-electron chi connectivity index (χ4n) is 4.84. The average molecular weight is 519 g/mol. The molecule has 0 aliphatic carbocycles. The van der Waals surface area contributed by atoms with Crippen LogP contribution in [0.1, 0.15) is 39.4 Å². The molecule has 0 amide bonds. The van der Waals surface area contributed by atoms with Crippen molar-refractivity contribution in [1.82, 2.24) is 0 Å². The number of methoxy groups -OCH3 is 5. The number of hydrogen-bond acceptors (Lipinski definition) is 9. The molecule has 0 N–H and O–H groups in total. The van der Waals surface area contributed by atoms with Gasteiger partial charge >= 0.3 is 5.97 Å². The standard InChI is InChI=1S/C29H26O9/c1-32-19-9-6-15(12-22(19)34-3)18-14-24(30)37-20-11-8-17-26(31)23(38-28(17)25(18)20)13-16-7-10-21(33-2)29(36-5)27(16)35-4/h6-13,18H,14H2,1-5H3/b23-13-/t18-/m0/s1. The lowest BCUT2D eigenvalue weighted by Gasteiger charge is -2.26. The molecule has 0 bridgehead atoms. The molecule has 9 nitrogen and oxygen atoms in total. The van der Waals surface area contributed by atoms with Crippen LogP contribution >= 0.6 is 0 Å². The van der Waals surface area contributed by atoms with Gasteiger partial charge in [-0.3, -0.25) is 9.59 Å². The zero-order valence-corrected chi connectivity index (χ0v) is 21.6. The van der Waals surface area contributed by atoms with Crippen molar-refractivity contribution in [3.8, 4) is 40.2 Å². The Bertz CT molecular complexity index is 1470. The first-order valence-electron chi connectivity index (χ1n) is 11.8. The van der Waals surface area contributed by atoms with E-state index in [9.17, 15) is 9.59 Å². The highest BCUT2D eigenvalue weighted by atomic mass is 16.5. The average Bonchev–Trinajstić information content (AvgIpc) is 3.26. The topological polar surface area (TPSA) is 98.8 Å². The zero-order chi connectivity index (χ0) is 27.0. The first-order chi connectivity index (χ1) is 18.4. The lowest BCUT2D eigenvalue weighted by Crippen LogP contribution is -2.21. The second-order valence-electron chi connectivity index (χ2n) is 8.56. The molecule has 0 saturated heterocycles. The Labute approximate surface area is 219 Å². The van der Waals surface area contributed by atoms with Crippen LogP contribution in [0.15, 0.2) is 48.2 Å². The summed E-state index contributed by atoms with van der Waals surface area (Å²) < 4.78 is 38.9. The Balaban J connectivity index is 1.61. The Morgan fingerprint density at radius 2 is 1.47 bits per heavy atom. The number of allylic oxidation sites excluding steroid dienone is 1. The number of carbonyl (C=O) groups excluding carboxylic acids is 2. The third-order valence-corrected chi connectivity index (χ3v) is 6.61. The van der Waals surface area contributed by atoms with E-state index in [4.69, 9.17) is 33.2 Å². The van der Waals surface area contributed by atoms with Crippen LogP contribution in [0, 0.1) is 0 Å². The second kappa shape index (κ2) is 10.0. The molecular formula is C29H26O9. The lowest BCUT2D eigenvalue weighted by molar-refractivity contribution is -0.135. The van der Waals surface area contributed by atoms with Crippen LogP contribution in [0.4, 0.5) is 0 Å². The van der Waals surface area contributed by atoms with Crippen molar-refractivity contribution in [3.05, 3.63) is 70.5 Å². The number of benzene rings is 3. The summed E-state index contributed by atoms with van der Waals surface area (Å²) in [6.45, 7) is 0. The molecule has 2 aliphatic heterocycles. The van der Waals surface area contributed by atoms with Gasteiger partial charge in [-0.2, -0.15) is 0 Å². The second-order valence-corrected chi connectivity index (χ2v) is 8.56. The highest BCUT2D eigenvalue weighted by molar-refractivity contribution is 6.15. The van der Waals surface area contributed by atoms with Gasteiger partial charge in [0.1, 0.15) is 11.5 Å². The summed E-state index contributed by atoms with van der Waals surface area (Å²) in [5, 5.41) is 0. The molecular weight excluding hydrogens is 492 g/mol. The first kappa shape index (κ1) is 25.0. The molecule has 1 atom stereocenters. The third kappa shape index (κ3) is 4.06. The van der Waals surface area contributed by atoms with Gasteiger partial charge in [-0.05, 0) is 48.0 Å². The molecule has 0 aromatic heterocycles. The molecule has 2 heterocycles. The molecule has 5 rings (SSSR count). The van der Waals surface area contributed by atoms with Gasteiger partial charge in [0.15, 0.2) is 28.8 Å². The molecule has 9 heteroatoms. The van der Waals surface area contributed by atoms with Crippen LogP contribution in [-0.4, -0.2) is 47.3 Å². The quantitative estimate of drug-likeness (QED) is 0.248. The summed E-state index contributed by atoms with van der Waals surface area (Å²) in [4.78, 5) is 25.9. The van der Waals surface area contributed by atoms with Crippen molar-refractivity contribution in [2.75, 3.05) is 35.5 Å². The SMILES string of the molecule is COc1ccc([C@@H]2CC(=O)Oc3ccc4c(c32)O/C(=C\c2ccc(OC)c(OC)c2OC)C4=O)cc1OC. The maximum atomic E-state index is 13.4. The number of carbonyl (C=O) groups is 2. The van der Waals surface area contributed by atoms with Crippen molar-refractivity contribution in [1.29, 1.82) is 0 Å². The minimum Gasteiger partial charge on any atom is -0.493 e. The normalized spacial score (nSPS) is 16.8. The van der Waals surface area contributed by atoms with Crippen molar-refractivity contribution in [2.24, 2.45) is 0 Å². The van der Waals surface area contributed by atoms with E-state index < -0.39 is 5.92 Å². The fraction of sp³-hybridized carbons (Fsp3) is 0.241. The lowest BCUT2D eigenvalue weighted by atomic mass is 9.84. The van der Waals surface area contributed by atoms with Crippen molar-refractivity contribution in [3.63, 3.8) is 0 Å². The maximum absolute atomic E-state index is 13.4. The van der Waals surface area contributed by atoms with Crippen molar-refractivity contribution in [2.45, 2.75) is 12.3 Å². The molecule has 3 aromatic carbocycles. The molecule has 0 unspecified atom stereocenters. The van der Waals surface area contributed by atoms with Crippen LogP contribution in [0.25, 0.3) is 6.08 Å². The maximum Gasteiger partial charge on any atom is 0.312 e. The molecule has 38 heavy (non-hydrogen) atoms. The third-order valence-electron chi connectivity index (χ3n) is 6.61. The predicted molar refractivity (Wildman–Crippen MR) is 137 cm³/mol. The van der Waals surface area contributed by atoms with Gasteiger partial charge in [0.2, 0.25) is 11.5 Å². The van der Waals surface area contributed by atoms with Gasteiger partial charge in [-0.15, -0.1) is 0 Å². The molecule has 3 aromatic rings. The largest absolute Gasteiger partial charge is 0.493 e. The van der Waals surface area contributed by atoms with E-state index in [1.54, 1.807) is 50.6 Å². The van der Waals surface area contributed by atoms with Crippen molar-refractivity contribution < 1.29 is 42.7 Å². The van der Waals surface area contributed by atoms with E-state index in [-0.39, 0.29) is 23.9 Å². The van der Waals surface area contributed by atoms with E-state index in [2.05, 4.69) is 0 Å². The zero-order valence-electron chi connectivity index (χ0n) is 21.6. The summed E-state index contributed by atoms with van der Waals surface area (Å²) in [5.41, 5.74) is 2.35. The van der Waals surface area contributed by atoms with Crippen LogP contribution in [0.2, 0.25) is 0 Å². The number of rotatable bonds is 7. The number of Topliss-reactive ketones (excluding diaryl/α,β-unsaturated/α-hetero) is 1.